The maximum Gasteiger partial charge on any atom is 0.231 e. The molecule has 0 unspecified atom stereocenters. The minimum absolute atomic E-state index is 0. The van der Waals surface area contributed by atoms with Crippen LogP contribution in [0.1, 0.15) is 0 Å². The zero-order chi connectivity index (χ0) is 15.7. The lowest BCUT2D eigenvalue weighted by atomic mass is 10.2. The Morgan fingerprint density at radius 3 is 2.35 bits per heavy atom. The molecule has 0 fully saturated rings. The van der Waals surface area contributed by atoms with Crippen molar-refractivity contribution in [3.63, 3.8) is 0 Å². The topological polar surface area (TPSA) is 34.0 Å². The van der Waals surface area contributed by atoms with Crippen molar-refractivity contribution in [1.29, 1.82) is 0 Å². The van der Waals surface area contributed by atoms with E-state index in [1.165, 1.54) is 12.1 Å². The van der Waals surface area contributed by atoms with Crippen LogP contribution in [0.5, 0.6) is 0 Å². The summed E-state index contributed by atoms with van der Waals surface area (Å²) in [6.07, 6.45) is 0. The molecule has 0 atom stereocenters. The van der Waals surface area contributed by atoms with Crippen LogP contribution in [0.4, 0.5) is 16.0 Å². The largest absolute Gasteiger partial charge is 0.314 e. The molecule has 0 N–H and O–H groups in total. The van der Waals surface area contributed by atoms with Crippen molar-refractivity contribution in [2.75, 3.05) is 11.9 Å². The summed E-state index contributed by atoms with van der Waals surface area (Å²) in [5.41, 5.74) is 1.64. The highest BCUT2D eigenvalue weighted by molar-refractivity contribution is 6.33. The first-order valence-electron chi connectivity index (χ1n) is 6.71. The fourth-order valence-corrected chi connectivity index (χ4v) is 2.49. The second kappa shape index (κ2) is 6.98. The minimum Gasteiger partial charge on any atom is -0.314 e. The molecule has 7 heteroatoms. The van der Waals surface area contributed by atoms with E-state index in [-0.39, 0.29) is 18.2 Å². The van der Waals surface area contributed by atoms with Gasteiger partial charge in [0.1, 0.15) is 5.82 Å². The first-order chi connectivity index (χ1) is 10.6. The van der Waals surface area contributed by atoms with Crippen molar-refractivity contribution >= 4 is 35.6 Å². The lowest BCUT2D eigenvalue weighted by molar-refractivity contribution is 0.628. The molecule has 0 aliphatic rings. The third kappa shape index (κ3) is 3.30. The molecule has 0 spiro atoms. The number of anilines is 2. The molecule has 0 saturated heterocycles. The van der Waals surface area contributed by atoms with Crippen LogP contribution in [-0.2, 0) is 7.05 Å². The first kappa shape index (κ1) is 17.2. The van der Waals surface area contributed by atoms with Gasteiger partial charge in [0.15, 0.2) is 5.82 Å². The third-order valence-electron chi connectivity index (χ3n) is 3.48. The third-order valence-corrected chi connectivity index (χ3v) is 3.81. The van der Waals surface area contributed by atoms with Gasteiger partial charge in [0.2, 0.25) is 5.95 Å². The summed E-state index contributed by atoms with van der Waals surface area (Å²) in [4.78, 5) is 1.84. The van der Waals surface area contributed by atoms with Gasteiger partial charge in [-0.2, -0.15) is 0 Å². The van der Waals surface area contributed by atoms with Crippen LogP contribution in [-0.4, -0.2) is 21.8 Å². The van der Waals surface area contributed by atoms with Gasteiger partial charge in [-0.25, -0.2) is 4.39 Å². The standard InChI is InChI=1S/C16H14ClFN4.ClH/c1-21(12-9-7-11(18)8-10-12)16-20-19-15(22(16)2)13-5-3-4-6-14(13)17;/h3-10H,1-2H3;1H. The van der Waals surface area contributed by atoms with Crippen LogP contribution in [0.25, 0.3) is 11.4 Å². The fraction of sp³-hybridized carbons (Fsp3) is 0.125. The molecule has 4 nitrogen and oxygen atoms in total. The van der Waals surface area contributed by atoms with E-state index in [1.807, 2.05) is 47.8 Å². The molecule has 1 aromatic heterocycles. The molecule has 0 amide bonds. The van der Waals surface area contributed by atoms with E-state index in [1.54, 1.807) is 12.1 Å². The zero-order valence-electron chi connectivity index (χ0n) is 12.6. The van der Waals surface area contributed by atoms with E-state index >= 15 is 0 Å². The van der Waals surface area contributed by atoms with E-state index in [2.05, 4.69) is 10.2 Å². The van der Waals surface area contributed by atoms with E-state index in [0.717, 1.165) is 11.3 Å². The molecule has 1 heterocycles. The maximum atomic E-state index is 13.0. The number of nitrogens with zero attached hydrogens (tertiary/aromatic N) is 4. The number of halogens is 3. The monoisotopic (exact) mass is 352 g/mol. The molecule has 0 bridgehead atoms. The van der Waals surface area contributed by atoms with Crippen molar-refractivity contribution in [1.82, 2.24) is 14.8 Å². The van der Waals surface area contributed by atoms with Gasteiger partial charge in [-0.15, -0.1) is 22.6 Å². The Morgan fingerprint density at radius 1 is 1.04 bits per heavy atom. The van der Waals surface area contributed by atoms with Crippen molar-refractivity contribution in [3.8, 4) is 11.4 Å². The number of benzene rings is 2. The molecule has 0 radical (unpaired) electrons. The normalized spacial score (nSPS) is 10.3. The van der Waals surface area contributed by atoms with Crippen molar-refractivity contribution in [3.05, 3.63) is 59.4 Å². The van der Waals surface area contributed by atoms with E-state index in [0.29, 0.717) is 16.8 Å². The van der Waals surface area contributed by atoms with Gasteiger partial charge in [-0.1, -0.05) is 23.7 Å². The van der Waals surface area contributed by atoms with Gasteiger partial charge in [-0.05, 0) is 36.4 Å². The average Bonchev–Trinajstić information content (AvgIpc) is 2.89. The van der Waals surface area contributed by atoms with Crippen LogP contribution in [0.2, 0.25) is 5.02 Å². The minimum atomic E-state index is -0.271. The van der Waals surface area contributed by atoms with Crippen LogP contribution in [0.15, 0.2) is 48.5 Å². The number of hydrogen-bond donors (Lipinski definition) is 0. The summed E-state index contributed by atoms with van der Waals surface area (Å²) in [7, 11) is 3.72. The quantitative estimate of drug-likeness (QED) is 0.697. The SMILES string of the molecule is CN(c1ccc(F)cc1)c1nnc(-c2ccccc2Cl)n1C.Cl. The molecule has 0 aliphatic carbocycles. The molecule has 0 aliphatic heterocycles. The Morgan fingerprint density at radius 2 is 1.70 bits per heavy atom. The zero-order valence-corrected chi connectivity index (χ0v) is 14.1. The lowest BCUT2D eigenvalue weighted by Gasteiger charge is -2.18. The Balaban J connectivity index is 0.00000192. The molecule has 120 valence electrons. The molecular weight excluding hydrogens is 338 g/mol. The Labute approximate surface area is 144 Å². The van der Waals surface area contributed by atoms with Gasteiger partial charge >= 0.3 is 0 Å². The molecule has 3 rings (SSSR count). The van der Waals surface area contributed by atoms with Crippen molar-refractivity contribution < 1.29 is 4.39 Å². The predicted octanol–water partition coefficient (Wildman–Crippen LogP) is 4.46. The van der Waals surface area contributed by atoms with Gasteiger partial charge in [0, 0.05) is 25.3 Å². The van der Waals surface area contributed by atoms with Gasteiger partial charge in [0.05, 0.1) is 5.02 Å². The average molecular weight is 353 g/mol. The smallest absolute Gasteiger partial charge is 0.231 e. The van der Waals surface area contributed by atoms with E-state index in [9.17, 15) is 4.39 Å². The maximum absolute atomic E-state index is 13.0. The predicted molar refractivity (Wildman–Crippen MR) is 93.2 cm³/mol. The molecule has 3 aromatic rings. The second-order valence-corrected chi connectivity index (χ2v) is 5.31. The van der Waals surface area contributed by atoms with E-state index in [4.69, 9.17) is 11.6 Å². The summed E-state index contributed by atoms with van der Waals surface area (Å²) in [6, 6.07) is 13.7. The van der Waals surface area contributed by atoms with Crippen LogP contribution < -0.4 is 4.90 Å². The Hall–Kier alpha value is -2.11. The Kier molecular flexibility index (Phi) is 5.23. The van der Waals surface area contributed by atoms with Gasteiger partial charge in [-0.3, -0.25) is 4.57 Å². The number of hydrogen-bond acceptors (Lipinski definition) is 3. The summed E-state index contributed by atoms with van der Waals surface area (Å²) < 4.78 is 14.9. The lowest BCUT2D eigenvalue weighted by Crippen LogP contribution is -2.14. The summed E-state index contributed by atoms with van der Waals surface area (Å²) >= 11 is 6.22. The van der Waals surface area contributed by atoms with Crippen LogP contribution in [0.3, 0.4) is 0 Å². The molecule has 2 aromatic carbocycles. The molecule has 0 saturated carbocycles. The number of aromatic nitrogens is 3. The summed E-state index contributed by atoms with van der Waals surface area (Å²) in [5, 5.41) is 9.06. The van der Waals surface area contributed by atoms with Crippen LogP contribution >= 0.6 is 24.0 Å². The van der Waals surface area contributed by atoms with Gasteiger partial charge < -0.3 is 4.90 Å². The first-order valence-corrected chi connectivity index (χ1v) is 7.09. The fourth-order valence-electron chi connectivity index (χ4n) is 2.27. The highest BCUT2D eigenvalue weighted by atomic mass is 35.5. The summed E-state index contributed by atoms with van der Waals surface area (Å²) in [5.74, 6) is 1.04. The second-order valence-electron chi connectivity index (χ2n) is 4.90. The van der Waals surface area contributed by atoms with E-state index < -0.39 is 0 Å². The number of rotatable bonds is 3. The Bertz CT molecular complexity index is 802. The highest BCUT2D eigenvalue weighted by Gasteiger charge is 2.16. The molecular formula is C16H15Cl2FN4. The molecule has 23 heavy (non-hydrogen) atoms. The summed E-state index contributed by atoms with van der Waals surface area (Å²) in [6.45, 7) is 0. The highest BCUT2D eigenvalue weighted by Crippen LogP contribution is 2.29. The van der Waals surface area contributed by atoms with Gasteiger partial charge in [0.25, 0.3) is 0 Å². The van der Waals surface area contributed by atoms with Crippen LogP contribution in [0, 0.1) is 5.82 Å². The van der Waals surface area contributed by atoms with Crippen molar-refractivity contribution in [2.24, 2.45) is 7.05 Å². The van der Waals surface area contributed by atoms with Crippen molar-refractivity contribution in [2.45, 2.75) is 0 Å².